The van der Waals surface area contributed by atoms with Gasteiger partial charge in [0, 0.05) is 24.7 Å². The van der Waals surface area contributed by atoms with E-state index in [4.69, 9.17) is 0 Å². The molecular formula is C15H22N2O3S. The van der Waals surface area contributed by atoms with Gasteiger partial charge in [-0.3, -0.25) is 9.52 Å². The maximum absolute atomic E-state index is 12.4. The quantitative estimate of drug-likeness (QED) is 0.926. The highest BCUT2D eigenvalue weighted by Crippen LogP contribution is 2.21. The minimum Gasteiger partial charge on any atom is -0.341 e. The van der Waals surface area contributed by atoms with Crippen molar-refractivity contribution in [3.8, 4) is 0 Å². The molecule has 1 fully saturated rings. The summed E-state index contributed by atoms with van der Waals surface area (Å²) < 4.78 is 27.5. The van der Waals surface area contributed by atoms with Crippen molar-refractivity contribution in [1.29, 1.82) is 0 Å². The van der Waals surface area contributed by atoms with Gasteiger partial charge in [0.2, 0.25) is 15.9 Å². The number of hydrogen-bond acceptors (Lipinski definition) is 3. The van der Waals surface area contributed by atoms with Crippen LogP contribution in [0.15, 0.2) is 30.3 Å². The molecule has 0 unspecified atom stereocenters. The highest BCUT2D eigenvalue weighted by atomic mass is 32.2. The number of anilines is 1. The molecule has 0 bridgehead atoms. The Labute approximate surface area is 126 Å². The zero-order chi connectivity index (χ0) is 15.5. The molecule has 1 heterocycles. The second-order valence-electron chi connectivity index (χ2n) is 5.72. The molecule has 6 heteroatoms. The van der Waals surface area contributed by atoms with Crippen LogP contribution in [-0.4, -0.2) is 37.6 Å². The Morgan fingerprint density at radius 1 is 1.29 bits per heavy atom. The Kier molecular flexibility index (Phi) is 4.88. The fourth-order valence-electron chi connectivity index (χ4n) is 2.51. The zero-order valence-electron chi connectivity index (χ0n) is 12.5. The van der Waals surface area contributed by atoms with E-state index in [1.807, 2.05) is 19.9 Å². The fraction of sp³-hybridized carbons (Fsp3) is 0.533. The average molecular weight is 310 g/mol. The summed E-state index contributed by atoms with van der Waals surface area (Å²) in [6.07, 6.45) is 1.31. The number of para-hydroxylation sites is 1. The van der Waals surface area contributed by atoms with Gasteiger partial charge in [0.15, 0.2) is 0 Å². The highest BCUT2D eigenvalue weighted by molar-refractivity contribution is 7.93. The number of rotatable bonds is 4. The number of carbonyl (C=O) groups excluding carboxylic acids is 1. The molecule has 1 aliphatic heterocycles. The average Bonchev–Trinajstić information content (AvgIpc) is 2.47. The molecule has 1 saturated heterocycles. The monoisotopic (exact) mass is 310 g/mol. The third-order valence-electron chi connectivity index (χ3n) is 3.66. The lowest BCUT2D eigenvalue weighted by atomic mass is 10.1. The van der Waals surface area contributed by atoms with Gasteiger partial charge in [0.1, 0.15) is 0 Å². The summed E-state index contributed by atoms with van der Waals surface area (Å²) >= 11 is 0. The maximum atomic E-state index is 12.4. The van der Waals surface area contributed by atoms with Crippen molar-refractivity contribution < 1.29 is 13.2 Å². The van der Waals surface area contributed by atoms with Crippen LogP contribution < -0.4 is 4.72 Å². The van der Waals surface area contributed by atoms with E-state index in [1.54, 1.807) is 29.2 Å². The van der Waals surface area contributed by atoms with E-state index in [0.29, 0.717) is 18.7 Å². The van der Waals surface area contributed by atoms with Gasteiger partial charge in [-0.05, 0) is 25.0 Å². The Balaban J connectivity index is 2.08. The summed E-state index contributed by atoms with van der Waals surface area (Å²) in [5.41, 5.74) is 0.560. The predicted molar refractivity (Wildman–Crippen MR) is 83.4 cm³/mol. The SMILES string of the molecule is CC(C)C(=O)N1CCC[C@@H](S(=O)(=O)Nc2ccccc2)C1. The number of benzene rings is 1. The first-order chi connectivity index (χ1) is 9.90. The molecule has 2 rings (SSSR count). The van der Waals surface area contributed by atoms with E-state index in [-0.39, 0.29) is 18.4 Å². The molecule has 5 nitrogen and oxygen atoms in total. The lowest BCUT2D eigenvalue weighted by Gasteiger charge is -2.33. The lowest BCUT2D eigenvalue weighted by molar-refractivity contribution is -0.135. The molecule has 0 spiro atoms. The first kappa shape index (κ1) is 15.8. The fourth-order valence-corrected chi connectivity index (χ4v) is 4.00. The Morgan fingerprint density at radius 2 is 1.95 bits per heavy atom. The molecule has 1 N–H and O–H groups in total. The smallest absolute Gasteiger partial charge is 0.237 e. The molecule has 0 saturated carbocycles. The largest absolute Gasteiger partial charge is 0.341 e. The van der Waals surface area contributed by atoms with Crippen molar-refractivity contribution in [2.45, 2.75) is 31.9 Å². The van der Waals surface area contributed by atoms with Crippen LogP contribution >= 0.6 is 0 Å². The Hall–Kier alpha value is -1.56. The molecular weight excluding hydrogens is 288 g/mol. The van der Waals surface area contributed by atoms with E-state index in [0.717, 1.165) is 6.42 Å². The highest BCUT2D eigenvalue weighted by Gasteiger charge is 2.33. The molecule has 1 aromatic rings. The van der Waals surface area contributed by atoms with Gasteiger partial charge in [0.25, 0.3) is 0 Å². The van der Waals surface area contributed by atoms with Gasteiger partial charge in [-0.15, -0.1) is 0 Å². The maximum Gasteiger partial charge on any atom is 0.237 e. The summed E-state index contributed by atoms with van der Waals surface area (Å²) in [5, 5.41) is -0.547. The molecule has 0 aliphatic carbocycles. The number of amides is 1. The van der Waals surface area contributed by atoms with Crippen molar-refractivity contribution in [2.75, 3.05) is 17.8 Å². The number of piperidine rings is 1. The van der Waals surface area contributed by atoms with Crippen LogP contribution in [0.3, 0.4) is 0 Å². The van der Waals surface area contributed by atoms with E-state index < -0.39 is 15.3 Å². The summed E-state index contributed by atoms with van der Waals surface area (Å²) in [4.78, 5) is 13.7. The molecule has 1 atom stereocenters. The number of hydrogen-bond donors (Lipinski definition) is 1. The second kappa shape index (κ2) is 6.47. The van der Waals surface area contributed by atoms with E-state index in [1.165, 1.54) is 0 Å². The van der Waals surface area contributed by atoms with Crippen molar-refractivity contribution >= 4 is 21.6 Å². The molecule has 1 aliphatic rings. The first-order valence-electron chi connectivity index (χ1n) is 7.25. The Bertz CT molecular complexity index is 584. The van der Waals surface area contributed by atoms with Crippen molar-refractivity contribution in [1.82, 2.24) is 4.90 Å². The molecule has 1 amide bonds. The number of carbonyl (C=O) groups is 1. The van der Waals surface area contributed by atoms with Crippen molar-refractivity contribution in [3.05, 3.63) is 30.3 Å². The zero-order valence-corrected chi connectivity index (χ0v) is 13.3. The van der Waals surface area contributed by atoms with Crippen LogP contribution in [0.5, 0.6) is 0 Å². The van der Waals surface area contributed by atoms with Crippen LogP contribution in [0.25, 0.3) is 0 Å². The van der Waals surface area contributed by atoms with Crippen LogP contribution in [0.1, 0.15) is 26.7 Å². The number of sulfonamides is 1. The molecule has 0 radical (unpaired) electrons. The molecule has 116 valence electrons. The van der Waals surface area contributed by atoms with Crippen LogP contribution in [0, 0.1) is 5.92 Å². The van der Waals surface area contributed by atoms with Gasteiger partial charge in [-0.1, -0.05) is 32.0 Å². The summed E-state index contributed by atoms with van der Waals surface area (Å²) in [5.74, 6) is -0.0804. The minimum absolute atomic E-state index is 0.0228. The molecule has 21 heavy (non-hydrogen) atoms. The van der Waals surface area contributed by atoms with Crippen LogP contribution in [-0.2, 0) is 14.8 Å². The topological polar surface area (TPSA) is 66.5 Å². The minimum atomic E-state index is -3.47. The van der Waals surface area contributed by atoms with Gasteiger partial charge in [0.05, 0.1) is 5.25 Å². The lowest BCUT2D eigenvalue weighted by Crippen LogP contribution is -2.47. The van der Waals surface area contributed by atoms with Gasteiger partial charge in [-0.2, -0.15) is 0 Å². The van der Waals surface area contributed by atoms with Crippen molar-refractivity contribution in [3.63, 3.8) is 0 Å². The normalized spacial score (nSPS) is 19.6. The predicted octanol–water partition coefficient (Wildman–Crippen LogP) is 2.08. The van der Waals surface area contributed by atoms with Crippen LogP contribution in [0.2, 0.25) is 0 Å². The van der Waals surface area contributed by atoms with E-state index >= 15 is 0 Å². The molecule has 1 aromatic carbocycles. The third kappa shape index (κ3) is 3.97. The Morgan fingerprint density at radius 3 is 2.57 bits per heavy atom. The first-order valence-corrected chi connectivity index (χ1v) is 8.80. The van der Waals surface area contributed by atoms with Gasteiger partial charge in [-0.25, -0.2) is 8.42 Å². The van der Waals surface area contributed by atoms with Crippen molar-refractivity contribution in [2.24, 2.45) is 5.92 Å². The summed E-state index contributed by atoms with van der Waals surface area (Å²) in [6, 6.07) is 8.84. The van der Waals surface area contributed by atoms with Gasteiger partial charge >= 0.3 is 0 Å². The number of nitrogens with zero attached hydrogens (tertiary/aromatic N) is 1. The van der Waals surface area contributed by atoms with Crippen LogP contribution in [0.4, 0.5) is 5.69 Å². The number of nitrogens with one attached hydrogen (secondary N) is 1. The summed E-state index contributed by atoms with van der Waals surface area (Å²) in [7, 11) is -3.47. The molecule has 0 aromatic heterocycles. The van der Waals surface area contributed by atoms with Gasteiger partial charge < -0.3 is 4.90 Å². The van der Waals surface area contributed by atoms with E-state index in [2.05, 4.69) is 4.72 Å². The van der Waals surface area contributed by atoms with E-state index in [9.17, 15) is 13.2 Å². The summed E-state index contributed by atoms with van der Waals surface area (Å²) in [6.45, 7) is 4.60. The third-order valence-corrected chi connectivity index (χ3v) is 5.44. The standard InChI is InChI=1S/C15H22N2O3S/c1-12(2)15(18)17-10-6-9-14(11-17)21(19,20)16-13-7-4-3-5-8-13/h3-5,7-8,12,14,16H,6,9-11H2,1-2H3/t14-/m1/s1. The second-order valence-corrected chi connectivity index (χ2v) is 7.68. The number of likely N-dealkylation sites (tertiary alicyclic amines) is 1.